The van der Waals surface area contributed by atoms with Crippen molar-refractivity contribution in [1.82, 2.24) is 15.5 Å². The summed E-state index contributed by atoms with van der Waals surface area (Å²) in [6, 6.07) is 19.6. The minimum atomic E-state index is -0.0591. The van der Waals surface area contributed by atoms with Crippen molar-refractivity contribution in [1.29, 1.82) is 0 Å². The Balaban J connectivity index is 1.23. The lowest BCUT2D eigenvalue weighted by molar-refractivity contribution is -0.121. The first-order chi connectivity index (χ1) is 14.8. The van der Waals surface area contributed by atoms with E-state index in [9.17, 15) is 4.79 Å². The molecule has 4 aromatic rings. The fourth-order valence-electron chi connectivity index (χ4n) is 2.88. The number of amides is 1. The maximum Gasteiger partial charge on any atom is 0.248 e. The van der Waals surface area contributed by atoms with Gasteiger partial charge in [-0.3, -0.25) is 4.79 Å². The highest BCUT2D eigenvalue weighted by atomic mass is 32.1. The number of hydrogen-bond acceptors (Lipinski definition) is 6. The van der Waals surface area contributed by atoms with Crippen LogP contribution >= 0.6 is 11.3 Å². The Kier molecular flexibility index (Phi) is 6.51. The fourth-order valence-corrected chi connectivity index (χ4v) is 3.51. The summed E-state index contributed by atoms with van der Waals surface area (Å²) in [4.78, 5) is 12.2. The molecule has 0 spiro atoms. The molecule has 0 radical (unpaired) electrons. The van der Waals surface area contributed by atoms with Crippen LogP contribution in [-0.2, 0) is 24.4 Å². The molecule has 152 valence electrons. The molecule has 0 saturated heterocycles. The van der Waals surface area contributed by atoms with Crippen molar-refractivity contribution in [3.63, 3.8) is 0 Å². The summed E-state index contributed by atoms with van der Waals surface area (Å²) >= 11 is 1.57. The van der Waals surface area contributed by atoms with E-state index < -0.39 is 0 Å². The zero-order valence-electron chi connectivity index (χ0n) is 16.3. The van der Waals surface area contributed by atoms with Crippen LogP contribution in [0.15, 0.2) is 75.8 Å². The third-order valence-corrected chi connectivity index (χ3v) is 5.11. The second kappa shape index (κ2) is 9.84. The van der Waals surface area contributed by atoms with Gasteiger partial charge in [0.2, 0.25) is 17.7 Å². The van der Waals surface area contributed by atoms with Crippen LogP contribution in [0.3, 0.4) is 0 Å². The monoisotopic (exact) mass is 419 g/mol. The molecule has 2 heterocycles. The van der Waals surface area contributed by atoms with Crippen LogP contribution in [0.2, 0.25) is 0 Å². The zero-order chi connectivity index (χ0) is 20.6. The van der Waals surface area contributed by atoms with Crippen molar-refractivity contribution >= 4 is 17.2 Å². The number of carbonyl (C=O) groups excluding carboxylic acids is 1. The molecule has 0 aliphatic heterocycles. The number of aromatic nitrogens is 2. The minimum absolute atomic E-state index is 0.0591. The van der Waals surface area contributed by atoms with Crippen LogP contribution in [0, 0.1) is 0 Å². The van der Waals surface area contributed by atoms with Crippen LogP contribution in [0.4, 0.5) is 0 Å². The molecule has 30 heavy (non-hydrogen) atoms. The van der Waals surface area contributed by atoms with Gasteiger partial charge in [-0.2, -0.15) is 11.3 Å². The molecule has 0 aliphatic rings. The highest BCUT2D eigenvalue weighted by Gasteiger charge is 2.11. The third-order valence-electron chi connectivity index (χ3n) is 4.43. The molecule has 4 rings (SSSR count). The standard InChI is InChI=1S/C23H21N3O3S/c27-21(9-10-22-25-26-23(29-22)19-11-12-30-16-19)24-14-17-5-4-6-18(13-17)15-28-20-7-2-1-3-8-20/h1-8,11-13,16H,9-10,14-15H2,(H,24,27). The van der Waals surface area contributed by atoms with Gasteiger partial charge in [0.25, 0.3) is 0 Å². The van der Waals surface area contributed by atoms with Gasteiger partial charge in [-0.1, -0.05) is 42.5 Å². The molecule has 7 heteroatoms. The molecule has 0 bridgehead atoms. The number of rotatable bonds is 9. The first kappa shape index (κ1) is 19.8. The summed E-state index contributed by atoms with van der Waals surface area (Å²) < 4.78 is 11.4. The van der Waals surface area contributed by atoms with Gasteiger partial charge in [-0.15, -0.1) is 10.2 Å². The molecule has 0 aliphatic carbocycles. The maximum absolute atomic E-state index is 12.2. The van der Waals surface area contributed by atoms with E-state index in [-0.39, 0.29) is 5.91 Å². The Morgan fingerprint density at radius 1 is 1.03 bits per heavy atom. The van der Waals surface area contributed by atoms with Gasteiger partial charge < -0.3 is 14.5 Å². The molecule has 6 nitrogen and oxygen atoms in total. The number of nitrogens with one attached hydrogen (secondary N) is 1. The highest BCUT2D eigenvalue weighted by molar-refractivity contribution is 7.08. The van der Waals surface area contributed by atoms with E-state index in [1.807, 2.05) is 71.4 Å². The van der Waals surface area contributed by atoms with E-state index in [0.717, 1.165) is 22.4 Å². The summed E-state index contributed by atoms with van der Waals surface area (Å²) in [5, 5.41) is 14.9. The average molecular weight is 420 g/mol. The Morgan fingerprint density at radius 3 is 2.73 bits per heavy atom. The molecule has 0 unspecified atom stereocenters. The molecular weight excluding hydrogens is 398 g/mol. The van der Waals surface area contributed by atoms with Gasteiger partial charge in [-0.05, 0) is 34.7 Å². The molecule has 1 amide bonds. The van der Waals surface area contributed by atoms with E-state index >= 15 is 0 Å². The second-order valence-electron chi connectivity index (χ2n) is 6.71. The lowest BCUT2D eigenvalue weighted by Gasteiger charge is -2.09. The molecule has 2 aromatic heterocycles. The zero-order valence-corrected chi connectivity index (χ0v) is 17.1. The molecular formula is C23H21N3O3S. The predicted octanol–water partition coefficient (Wildman–Crippen LogP) is 4.63. The average Bonchev–Trinajstić information content (AvgIpc) is 3.48. The van der Waals surface area contributed by atoms with Crippen molar-refractivity contribution in [2.75, 3.05) is 0 Å². The van der Waals surface area contributed by atoms with Crippen LogP contribution in [0.5, 0.6) is 5.75 Å². The highest BCUT2D eigenvalue weighted by Crippen LogP contribution is 2.20. The lowest BCUT2D eigenvalue weighted by atomic mass is 10.1. The number of ether oxygens (including phenoxy) is 1. The van der Waals surface area contributed by atoms with Gasteiger partial charge in [0.1, 0.15) is 12.4 Å². The van der Waals surface area contributed by atoms with Crippen LogP contribution < -0.4 is 10.1 Å². The molecule has 0 saturated carbocycles. The predicted molar refractivity (Wildman–Crippen MR) is 115 cm³/mol. The number of para-hydroxylation sites is 1. The topological polar surface area (TPSA) is 77.2 Å². The van der Waals surface area contributed by atoms with Crippen molar-refractivity contribution in [3.8, 4) is 17.2 Å². The quantitative estimate of drug-likeness (QED) is 0.428. The number of aryl methyl sites for hydroxylation is 1. The number of benzene rings is 2. The Bertz CT molecular complexity index is 1080. The third kappa shape index (κ3) is 5.55. The van der Waals surface area contributed by atoms with E-state index in [0.29, 0.717) is 37.8 Å². The number of thiophene rings is 1. The maximum atomic E-state index is 12.2. The van der Waals surface area contributed by atoms with E-state index in [1.54, 1.807) is 11.3 Å². The van der Waals surface area contributed by atoms with Gasteiger partial charge in [0.15, 0.2) is 0 Å². The first-order valence-electron chi connectivity index (χ1n) is 9.63. The molecule has 0 fully saturated rings. The summed E-state index contributed by atoms with van der Waals surface area (Å²) in [5.41, 5.74) is 2.98. The van der Waals surface area contributed by atoms with Gasteiger partial charge in [0, 0.05) is 30.3 Å². The SMILES string of the molecule is O=C(CCc1nnc(-c2ccsc2)o1)NCc1cccc(COc2ccccc2)c1. The van der Waals surface area contributed by atoms with Gasteiger partial charge in [-0.25, -0.2) is 0 Å². The van der Waals surface area contributed by atoms with Gasteiger partial charge >= 0.3 is 0 Å². The fraction of sp³-hybridized carbons (Fsp3) is 0.174. The van der Waals surface area contributed by atoms with Gasteiger partial charge in [0.05, 0.1) is 0 Å². The summed E-state index contributed by atoms with van der Waals surface area (Å²) in [7, 11) is 0. The van der Waals surface area contributed by atoms with E-state index in [4.69, 9.17) is 9.15 Å². The number of hydrogen-bond donors (Lipinski definition) is 1. The summed E-state index contributed by atoms with van der Waals surface area (Å²) in [6.07, 6.45) is 0.704. The van der Waals surface area contributed by atoms with Crippen LogP contribution in [0.1, 0.15) is 23.4 Å². The second-order valence-corrected chi connectivity index (χ2v) is 7.49. The van der Waals surface area contributed by atoms with E-state index in [2.05, 4.69) is 15.5 Å². The van der Waals surface area contributed by atoms with Crippen LogP contribution in [0.25, 0.3) is 11.5 Å². The Labute approximate surface area is 178 Å². The smallest absolute Gasteiger partial charge is 0.248 e. The van der Waals surface area contributed by atoms with Crippen molar-refractivity contribution in [2.24, 2.45) is 0 Å². The van der Waals surface area contributed by atoms with Crippen molar-refractivity contribution in [2.45, 2.75) is 26.0 Å². The normalized spacial score (nSPS) is 10.7. The molecule has 0 atom stereocenters. The number of carbonyl (C=O) groups is 1. The largest absolute Gasteiger partial charge is 0.489 e. The lowest BCUT2D eigenvalue weighted by Crippen LogP contribution is -2.23. The Morgan fingerprint density at radius 2 is 1.90 bits per heavy atom. The first-order valence-corrected chi connectivity index (χ1v) is 10.6. The van der Waals surface area contributed by atoms with Crippen molar-refractivity contribution < 1.29 is 13.9 Å². The summed E-state index contributed by atoms with van der Waals surface area (Å²) in [6.45, 7) is 0.942. The molecule has 1 N–H and O–H groups in total. The Hall–Kier alpha value is -3.45. The summed E-state index contributed by atoms with van der Waals surface area (Å²) in [5.74, 6) is 1.73. The minimum Gasteiger partial charge on any atom is -0.489 e. The van der Waals surface area contributed by atoms with Crippen LogP contribution in [-0.4, -0.2) is 16.1 Å². The van der Waals surface area contributed by atoms with E-state index in [1.165, 1.54) is 0 Å². The molecule has 2 aromatic carbocycles. The number of nitrogens with zero attached hydrogens (tertiary/aromatic N) is 2. The van der Waals surface area contributed by atoms with Crippen molar-refractivity contribution in [3.05, 3.63) is 88.4 Å².